The van der Waals surface area contributed by atoms with Crippen molar-refractivity contribution in [2.75, 3.05) is 0 Å². The van der Waals surface area contributed by atoms with E-state index in [0.29, 0.717) is 4.47 Å². The SMILES string of the molecule is O=S(=O)(NCc1cc(F)ccc1F)c1ccc(Br)cc1F. The second-order valence-electron chi connectivity index (χ2n) is 4.14. The van der Waals surface area contributed by atoms with Gasteiger partial charge in [-0.3, -0.25) is 0 Å². The third kappa shape index (κ3) is 3.84. The van der Waals surface area contributed by atoms with Crippen molar-refractivity contribution in [2.45, 2.75) is 11.4 Å². The number of sulfonamides is 1. The second kappa shape index (κ2) is 6.17. The normalized spacial score (nSPS) is 11.6. The maximum Gasteiger partial charge on any atom is 0.243 e. The number of rotatable bonds is 4. The number of halogens is 4. The van der Waals surface area contributed by atoms with Gasteiger partial charge in [-0.2, -0.15) is 0 Å². The van der Waals surface area contributed by atoms with Crippen LogP contribution in [0.25, 0.3) is 0 Å². The first-order valence-electron chi connectivity index (χ1n) is 5.68. The minimum Gasteiger partial charge on any atom is -0.207 e. The van der Waals surface area contributed by atoms with Gasteiger partial charge in [0, 0.05) is 16.6 Å². The smallest absolute Gasteiger partial charge is 0.207 e. The monoisotopic (exact) mass is 379 g/mol. The largest absolute Gasteiger partial charge is 0.243 e. The van der Waals surface area contributed by atoms with Crippen molar-refractivity contribution in [3.8, 4) is 0 Å². The topological polar surface area (TPSA) is 46.2 Å². The molecule has 0 aliphatic carbocycles. The molecule has 21 heavy (non-hydrogen) atoms. The molecule has 0 amide bonds. The van der Waals surface area contributed by atoms with Gasteiger partial charge >= 0.3 is 0 Å². The van der Waals surface area contributed by atoms with Crippen molar-refractivity contribution in [1.82, 2.24) is 4.72 Å². The van der Waals surface area contributed by atoms with Crippen LogP contribution < -0.4 is 4.72 Å². The fourth-order valence-electron chi connectivity index (χ4n) is 1.62. The Morgan fingerprint density at radius 1 is 1.00 bits per heavy atom. The molecule has 0 unspecified atom stereocenters. The molecular weight excluding hydrogens is 371 g/mol. The van der Waals surface area contributed by atoms with E-state index in [1.165, 1.54) is 6.07 Å². The Kier molecular flexibility index (Phi) is 4.70. The lowest BCUT2D eigenvalue weighted by molar-refractivity contribution is 0.551. The van der Waals surface area contributed by atoms with Crippen molar-refractivity contribution >= 4 is 26.0 Å². The Morgan fingerprint density at radius 3 is 2.38 bits per heavy atom. The minimum absolute atomic E-state index is 0.170. The van der Waals surface area contributed by atoms with Crippen LogP contribution in [0.2, 0.25) is 0 Å². The van der Waals surface area contributed by atoms with E-state index in [4.69, 9.17) is 0 Å². The summed E-state index contributed by atoms with van der Waals surface area (Å²) < 4.78 is 66.3. The van der Waals surface area contributed by atoms with E-state index in [2.05, 4.69) is 15.9 Å². The van der Waals surface area contributed by atoms with Crippen LogP contribution >= 0.6 is 15.9 Å². The first-order valence-corrected chi connectivity index (χ1v) is 7.96. The number of nitrogens with one attached hydrogen (secondary N) is 1. The number of benzene rings is 2. The van der Waals surface area contributed by atoms with Crippen LogP contribution in [-0.2, 0) is 16.6 Å². The Labute approximate surface area is 128 Å². The van der Waals surface area contributed by atoms with Gasteiger partial charge in [0.15, 0.2) is 0 Å². The molecule has 0 heterocycles. The highest BCUT2D eigenvalue weighted by molar-refractivity contribution is 9.10. The lowest BCUT2D eigenvalue weighted by Crippen LogP contribution is -2.24. The van der Waals surface area contributed by atoms with Crippen molar-refractivity contribution in [2.24, 2.45) is 0 Å². The highest BCUT2D eigenvalue weighted by Gasteiger charge is 2.19. The molecule has 0 fully saturated rings. The standard InChI is InChI=1S/C13H9BrF3NO2S/c14-9-1-4-13(12(17)6-9)21(19,20)18-7-8-5-10(15)2-3-11(8)16/h1-6,18H,7H2. The summed E-state index contributed by atoms with van der Waals surface area (Å²) in [5.41, 5.74) is -0.170. The zero-order valence-corrected chi connectivity index (χ0v) is 12.8. The van der Waals surface area contributed by atoms with Gasteiger partial charge in [-0.15, -0.1) is 0 Å². The molecule has 2 aromatic carbocycles. The van der Waals surface area contributed by atoms with Crippen molar-refractivity contribution in [3.05, 3.63) is 63.9 Å². The van der Waals surface area contributed by atoms with Gasteiger partial charge in [0.2, 0.25) is 10.0 Å². The van der Waals surface area contributed by atoms with Gasteiger partial charge in [0.25, 0.3) is 0 Å². The van der Waals surface area contributed by atoms with Gasteiger partial charge in [-0.25, -0.2) is 26.3 Å². The number of hydrogen-bond acceptors (Lipinski definition) is 2. The molecule has 8 heteroatoms. The van der Waals surface area contributed by atoms with Gasteiger partial charge in [0.1, 0.15) is 22.3 Å². The summed E-state index contributed by atoms with van der Waals surface area (Å²) in [6.45, 7) is -0.485. The maximum atomic E-state index is 13.6. The van der Waals surface area contributed by atoms with Crippen LogP contribution in [0, 0.1) is 17.5 Å². The minimum atomic E-state index is -4.17. The van der Waals surface area contributed by atoms with E-state index in [1.54, 1.807) is 0 Å². The molecule has 0 saturated heterocycles. The van der Waals surface area contributed by atoms with Crippen LogP contribution in [0.1, 0.15) is 5.56 Å². The molecule has 0 atom stereocenters. The van der Waals surface area contributed by atoms with E-state index in [0.717, 1.165) is 30.3 Å². The predicted molar refractivity (Wildman–Crippen MR) is 74.5 cm³/mol. The maximum absolute atomic E-state index is 13.6. The summed E-state index contributed by atoms with van der Waals surface area (Å²) in [6.07, 6.45) is 0. The Hall–Kier alpha value is -1.38. The summed E-state index contributed by atoms with van der Waals surface area (Å²) in [5, 5.41) is 0. The third-order valence-corrected chi connectivity index (χ3v) is 4.57. The molecule has 0 radical (unpaired) electrons. The summed E-state index contributed by atoms with van der Waals surface area (Å²) in [4.78, 5) is -0.567. The summed E-state index contributed by atoms with van der Waals surface area (Å²) >= 11 is 3.01. The average molecular weight is 380 g/mol. The summed E-state index contributed by atoms with van der Waals surface area (Å²) in [6, 6.07) is 6.11. The molecule has 2 rings (SSSR count). The zero-order valence-electron chi connectivity index (χ0n) is 10.4. The summed E-state index contributed by atoms with van der Waals surface area (Å²) in [5.74, 6) is -2.40. The number of hydrogen-bond donors (Lipinski definition) is 1. The van der Waals surface area contributed by atoms with E-state index < -0.39 is 38.9 Å². The molecule has 1 N–H and O–H groups in total. The van der Waals surface area contributed by atoms with Crippen LogP contribution in [0.5, 0.6) is 0 Å². The Bertz CT molecular complexity index is 781. The Morgan fingerprint density at radius 2 is 1.71 bits per heavy atom. The molecule has 0 aliphatic rings. The second-order valence-corrected chi connectivity index (χ2v) is 6.79. The van der Waals surface area contributed by atoms with E-state index in [1.807, 2.05) is 4.72 Å². The highest BCUT2D eigenvalue weighted by Crippen LogP contribution is 2.20. The Balaban J connectivity index is 2.24. The van der Waals surface area contributed by atoms with Crippen LogP contribution in [-0.4, -0.2) is 8.42 Å². The quantitative estimate of drug-likeness (QED) is 0.885. The van der Waals surface area contributed by atoms with Crippen molar-refractivity contribution < 1.29 is 21.6 Å². The van der Waals surface area contributed by atoms with E-state index in [-0.39, 0.29) is 5.56 Å². The van der Waals surface area contributed by atoms with Gasteiger partial charge in [-0.05, 0) is 36.4 Å². The molecule has 0 bridgehead atoms. The van der Waals surface area contributed by atoms with Gasteiger partial charge < -0.3 is 0 Å². The van der Waals surface area contributed by atoms with Gasteiger partial charge in [0.05, 0.1) is 0 Å². The van der Waals surface area contributed by atoms with Crippen molar-refractivity contribution in [3.63, 3.8) is 0 Å². The molecule has 2 aromatic rings. The first-order chi connectivity index (χ1) is 9.79. The van der Waals surface area contributed by atoms with E-state index in [9.17, 15) is 21.6 Å². The van der Waals surface area contributed by atoms with E-state index >= 15 is 0 Å². The molecule has 0 aromatic heterocycles. The van der Waals surface area contributed by atoms with Crippen LogP contribution in [0.3, 0.4) is 0 Å². The van der Waals surface area contributed by atoms with Crippen LogP contribution in [0.4, 0.5) is 13.2 Å². The van der Waals surface area contributed by atoms with Gasteiger partial charge in [-0.1, -0.05) is 15.9 Å². The lowest BCUT2D eigenvalue weighted by Gasteiger charge is -2.09. The fraction of sp³-hybridized carbons (Fsp3) is 0.0769. The molecule has 0 saturated carbocycles. The predicted octanol–water partition coefficient (Wildman–Crippen LogP) is 3.34. The third-order valence-electron chi connectivity index (χ3n) is 2.64. The fourth-order valence-corrected chi connectivity index (χ4v) is 3.02. The molecule has 0 aliphatic heterocycles. The van der Waals surface area contributed by atoms with Crippen LogP contribution in [0.15, 0.2) is 45.8 Å². The molecule has 0 spiro atoms. The first kappa shape index (κ1) is 16.0. The molecule has 3 nitrogen and oxygen atoms in total. The zero-order chi connectivity index (χ0) is 15.6. The summed E-state index contributed by atoms with van der Waals surface area (Å²) in [7, 11) is -4.17. The average Bonchev–Trinajstić information content (AvgIpc) is 2.39. The lowest BCUT2D eigenvalue weighted by atomic mass is 10.2. The highest BCUT2D eigenvalue weighted by atomic mass is 79.9. The van der Waals surface area contributed by atoms with Crippen molar-refractivity contribution in [1.29, 1.82) is 0 Å². The molecule has 112 valence electrons. The molecular formula is C13H9BrF3NO2S.